The summed E-state index contributed by atoms with van der Waals surface area (Å²) in [4.78, 5) is 58.7. The summed E-state index contributed by atoms with van der Waals surface area (Å²) in [5, 5.41) is 7.75. The first-order valence-corrected chi connectivity index (χ1v) is 15.8. The van der Waals surface area contributed by atoms with Crippen molar-refractivity contribution in [3.63, 3.8) is 0 Å². The van der Waals surface area contributed by atoms with E-state index in [-0.39, 0.29) is 5.91 Å². The number of aromatic nitrogens is 1. The van der Waals surface area contributed by atoms with Crippen LogP contribution in [-0.4, -0.2) is 90.8 Å². The molecule has 3 N–H and O–H groups in total. The van der Waals surface area contributed by atoms with Crippen molar-refractivity contribution >= 4 is 40.7 Å². The van der Waals surface area contributed by atoms with Gasteiger partial charge in [0, 0.05) is 11.9 Å². The summed E-state index contributed by atoms with van der Waals surface area (Å²) in [7, 11) is 0. The number of esters is 1. The van der Waals surface area contributed by atoms with Crippen molar-refractivity contribution in [1.82, 2.24) is 26.1 Å². The van der Waals surface area contributed by atoms with E-state index in [9.17, 15) is 28.0 Å². The molecule has 2 aromatic rings. The lowest BCUT2D eigenvalue weighted by molar-refractivity contribution is -0.305. The van der Waals surface area contributed by atoms with E-state index in [1.807, 2.05) is 25.1 Å². The van der Waals surface area contributed by atoms with Gasteiger partial charge in [-0.05, 0) is 50.3 Å². The first-order valence-electron chi connectivity index (χ1n) is 15.8. The number of nitrogens with one attached hydrogen (secondary N) is 3. The van der Waals surface area contributed by atoms with Gasteiger partial charge in [-0.2, -0.15) is 0 Å². The third-order valence-electron chi connectivity index (χ3n) is 8.73. The van der Waals surface area contributed by atoms with Gasteiger partial charge >= 0.3 is 5.97 Å². The van der Waals surface area contributed by atoms with Gasteiger partial charge in [-0.1, -0.05) is 44.2 Å². The van der Waals surface area contributed by atoms with E-state index in [0.717, 1.165) is 5.39 Å². The van der Waals surface area contributed by atoms with Gasteiger partial charge in [-0.15, -0.1) is 0 Å². The summed E-state index contributed by atoms with van der Waals surface area (Å²) in [6.07, 6.45) is 2.83. The van der Waals surface area contributed by atoms with Crippen LogP contribution in [0, 0.1) is 11.3 Å². The quantitative estimate of drug-likeness (QED) is 0.424. The Morgan fingerprint density at radius 2 is 1.66 bits per heavy atom. The molecule has 1 spiro atoms. The van der Waals surface area contributed by atoms with Crippen molar-refractivity contribution in [1.29, 1.82) is 0 Å². The molecule has 2 fully saturated rings. The monoisotopic (exact) mass is 657 g/mol. The smallest absolute Gasteiger partial charge is 0.321 e. The molecule has 47 heavy (non-hydrogen) atoms. The van der Waals surface area contributed by atoms with Crippen LogP contribution in [0.3, 0.4) is 0 Å². The fraction of sp³-hybridized carbons (Fsp3) is 0.545. The lowest BCUT2D eigenvalue weighted by atomic mass is 9.87. The molecule has 1 aromatic carbocycles. The number of carbonyl (C=O) groups excluding carboxylic acids is 4. The van der Waals surface area contributed by atoms with Gasteiger partial charge in [0.2, 0.25) is 11.7 Å². The summed E-state index contributed by atoms with van der Waals surface area (Å²) in [5.74, 6) is -5.06. The Balaban J connectivity index is 1.54. The summed E-state index contributed by atoms with van der Waals surface area (Å²) < 4.78 is 44.1. The van der Waals surface area contributed by atoms with Crippen LogP contribution in [0.2, 0.25) is 0 Å². The van der Waals surface area contributed by atoms with Crippen LogP contribution in [0.4, 0.5) is 8.78 Å². The highest BCUT2D eigenvalue weighted by Crippen LogP contribution is 2.35. The molecule has 14 heteroatoms. The maximum atomic E-state index is 13.9. The number of halogens is 2. The molecular weight excluding hydrogens is 616 g/mol. The van der Waals surface area contributed by atoms with E-state index in [0.29, 0.717) is 36.2 Å². The largest absolute Gasteiger partial charge is 0.451 e. The number of carbonyl (C=O) groups is 4. The maximum absolute atomic E-state index is 13.9. The highest BCUT2D eigenvalue weighted by Gasteiger charge is 2.50. The van der Waals surface area contributed by atoms with E-state index < -0.39 is 85.7 Å². The van der Waals surface area contributed by atoms with E-state index in [2.05, 4.69) is 16.1 Å². The predicted molar refractivity (Wildman–Crippen MR) is 167 cm³/mol. The molecular formula is C33H41F2N5O7. The number of pyridine rings is 1. The Kier molecular flexibility index (Phi) is 10.2. The van der Waals surface area contributed by atoms with Crippen molar-refractivity contribution in [3.8, 4) is 0 Å². The molecule has 0 radical (unpaired) electrons. The Bertz CT molecular complexity index is 1540. The van der Waals surface area contributed by atoms with Gasteiger partial charge in [-0.3, -0.25) is 29.2 Å². The number of ether oxygens (including phenoxy) is 3. The zero-order valence-corrected chi connectivity index (χ0v) is 26.9. The zero-order valence-electron chi connectivity index (χ0n) is 26.9. The molecule has 5 rings (SSSR count). The molecule has 3 aliphatic rings. The molecule has 2 saturated heterocycles. The molecule has 0 saturated carbocycles. The second kappa shape index (κ2) is 14.0. The van der Waals surface area contributed by atoms with Crippen LogP contribution in [0.25, 0.3) is 17.0 Å². The average molecular weight is 658 g/mol. The Labute approximate surface area is 271 Å². The van der Waals surface area contributed by atoms with Crippen LogP contribution >= 0.6 is 0 Å². The number of nitrogens with zero attached hydrogens (tertiary/aromatic N) is 2. The van der Waals surface area contributed by atoms with Gasteiger partial charge < -0.3 is 24.8 Å². The molecule has 3 amide bonds. The summed E-state index contributed by atoms with van der Waals surface area (Å²) in [6, 6.07) is 6.98. The topological polar surface area (TPSA) is 148 Å². The number of alkyl halides is 2. The Hall–Kier alpha value is -4.01. The predicted octanol–water partition coefficient (Wildman–Crippen LogP) is 2.68. The van der Waals surface area contributed by atoms with Gasteiger partial charge in [-0.25, -0.2) is 14.2 Å². The standard InChI is InChI=1S/C33H41F2N5O7/c1-19(2)27-29(42)37-21(4)30(43)40-13-5-6-25(39-40)28(41)36-20(3)24-10-9-23-8-7-22(14-26(23)38-24)11-12-32(31(44)47-27)17-45-33(15-34,16-35)46-18-32/h7-12,14,19-21,25,27,39H,5-6,13,15-18H2,1-4H3,(H,36,41)(H,37,42)/b12-11+/t20-,21?,25?,27?/m1/s1. The molecule has 5 bridgehead atoms. The van der Waals surface area contributed by atoms with Crippen LogP contribution in [0.1, 0.15) is 57.8 Å². The van der Waals surface area contributed by atoms with E-state index in [4.69, 9.17) is 19.2 Å². The lowest BCUT2D eigenvalue weighted by Gasteiger charge is -2.41. The summed E-state index contributed by atoms with van der Waals surface area (Å²) in [6.45, 7) is 3.48. The lowest BCUT2D eigenvalue weighted by Crippen LogP contribution is -2.61. The minimum atomic E-state index is -2.15. The molecule has 12 nitrogen and oxygen atoms in total. The first-order chi connectivity index (χ1) is 22.4. The number of hydrogen-bond acceptors (Lipinski definition) is 9. The number of cyclic esters (lactones) is 1. The molecule has 0 aliphatic carbocycles. The van der Waals surface area contributed by atoms with Gasteiger partial charge in [0.05, 0.1) is 30.5 Å². The van der Waals surface area contributed by atoms with E-state index >= 15 is 0 Å². The van der Waals surface area contributed by atoms with Crippen LogP contribution in [0.5, 0.6) is 0 Å². The third-order valence-corrected chi connectivity index (χ3v) is 8.73. The van der Waals surface area contributed by atoms with Crippen molar-refractivity contribution in [2.24, 2.45) is 11.3 Å². The molecule has 1 aromatic heterocycles. The Morgan fingerprint density at radius 1 is 0.979 bits per heavy atom. The van der Waals surface area contributed by atoms with Crippen molar-refractivity contribution in [3.05, 3.63) is 47.7 Å². The minimum Gasteiger partial charge on any atom is -0.451 e. The van der Waals surface area contributed by atoms with E-state index in [1.54, 1.807) is 32.1 Å². The normalized spacial score (nSPS) is 27.8. The minimum absolute atomic E-state index is 0.297. The zero-order chi connectivity index (χ0) is 33.9. The van der Waals surface area contributed by atoms with E-state index in [1.165, 1.54) is 18.0 Å². The number of fused-ring (bicyclic) bond motifs is 4. The number of rotatable bonds is 3. The Morgan fingerprint density at radius 3 is 2.34 bits per heavy atom. The van der Waals surface area contributed by atoms with Crippen LogP contribution in [-0.2, 0) is 33.4 Å². The summed E-state index contributed by atoms with van der Waals surface area (Å²) >= 11 is 0. The van der Waals surface area contributed by atoms with Gasteiger partial charge in [0.1, 0.15) is 30.8 Å². The summed E-state index contributed by atoms with van der Waals surface area (Å²) in [5.41, 5.74) is 3.19. The van der Waals surface area contributed by atoms with Crippen molar-refractivity contribution in [2.75, 3.05) is 33.1 Å². The number of benzene rings is 1. The SMILES string of the molecule is CC1NC(=O)C(C(C)C)OC(=O)C2(/C=C/c3ccc4ccc(nc4c3)[C@@H](C)NC(=O)C3CCCN(N3)C1=O)COC(CF)(CF)OC2. The molecule has 3 unspecified atom stereocenters. The molecule has 3 aliphatic heterocycles. The number of amides is 3. The highest BCUT2D eigenvalue weighted by atomic mass is 19.1. The molecule has 4 heterocycles. The van der Waals surface area contributed by atoms with Crippen LogP contribution in [0.15, 0.2) is 36.4 Å². The fourth-order valence-corrected chi connectivity index (χ4v) is 5.66. The van der Waals surface area contributed by atoms with Gasteiger partial charge in [0.15, 0.2) is 6.10 Å². The number of hydrogen-bond donors (Lipinski definition) is 3. The molecule has 254 valence electrons. The molecule has 4 atom stereocenters. The maximum Gasteiger partial charge on any atom is 0.321 e. The average Bonchev–Trinajstić information content (AvgIpc) is 3.08. The second-order valence-corrected chi connectivity index (χ2v) is 12.8. The van der Waals surface area contributed by atoms with Crippen molar-refractivity contribution < 1.29 is 42.2 Å². The van der Waals surface area contributed by atoms with Crippen LogP contribution < -0.4 is 16.1 Å². The number of hydrazine groups is 1. The third kappa shape index (κ3) is 7.29. The first kappa shape index (κ1) is 34.3. The van der Waals surface area contributed by atoms with Gasteiger partial charge in [0.25, 0.3) is 11.8 Å². The second-order valence-electron chi connectivity index (χ2n) is 12.8. The van der Waals surface area contributed by atoms with Crippen molar-refractivity contribution in [2.45, 2.75) is 70.6 Å². The fourth-order valence-electron chi connectivity index (χ4n) is 5.66. The highest BCUT2D eigenvalue weighted by molar-refractivity contribution is 5.92.